The van der Waals surface area contributed by atoms with Gasteiger partial charge in [0.2, 0.25) is 5.96 Å². The Balaban J connectivity index is 2.30. The summed E-state index contributed by atoms with van der Waals surface area (Å²) in [7, 11) is 3.94. The fourth-order valence-corrected chi connectivity index (χ4v) is 1.88. The van der Waals surface area contributed by atoms with Gasteiger partial charge in [0.15, 0.2) is 0 Å². The lowest BCUT2D eigenvalue weighted by Crippen LogP contribution is -2.34. The second kappa shape index (κ2) is 5.16. The third-order valence-electron chi connectivity index (χ3n) is 3.01. The zero-order chi connectivity index (χ0) is 14.9. The minimum Gasteiger partial charge on any atom is -0.378 e. The summed E-state index contributed by atoms with van der Waals surface area (Å²) in [6.07, 6.45) is 1.75. The molecule has 1 aliphatic heterocycles. The molecule has 20 heavy (non-hydrogen) atoms. The molecule has 0 radical (unpaired) electrons. The molecule has 6 heteroatoms. The lowest BCUT2D eigenvalue weighted by atomic mass is 10.1. The first-order valence-corrected chi connectivity index (χ1v) is 6.13. The van der Waals surface area contributed by atoms with Gasteiger partial charge in [0.1, 0.15) is 0 Å². The monoisotopic (exact) mass is 271 g/mol. The number of nitrogens with one attached hydrogen (secondary N) is 1. The smallest absolute Gasteiger partial charge is 0.283 e. The van der Waals surface area contributed by atoms with Gasteiger partial charge in [0, 0.05) is 19.8 Å². The van der Waals surface area contributed by atoms with E-state index in [0.29, 0.717) is 11.3 Å². The fourth-order valence-electron chi connectivity index (χ4n) is 1.88. The summed E-state index contributed by atoms with van der Waals surface area (Å²) in [5.74, 6) is -0.743. The topological polar surface area (TPSA) is 85.8 Å². The average molecular weight is 271 g/mol. The first kappa shape index (κ1) is 13.8. The van der Waals surface area contributed by atoms with E-state index in [4.69, 9.17) is 11.1 Å². The molecule has 1 aromatic rings. The number of hydrogen-bond donors (Lipinski definition) is 2. The maximum absolute atomic E-state index is 12.1. The van der Waals surface area contributed by atoms with Crippen LogP contribution in [0.25, 0.3) is 6.08 Å². The second-order valence-electron chi connectivity index (χ2n) is 4.73. The van der Waals surface area contributed by atoms with Crippen LogP contribution in [0.15, 0.2) is 34.9 Å². The minimum absolute atomic E-state index is 0.369. The van der Waals surface area contributed by atoms with Gasteiger partial charge in [-0.3, -0.25) is 10.2 Å². The van der Waals surface area contributed by atoms with Crippen molar-refractivity contribution in [3.8, 4) is 0 Å². The maximum atomic E-state index is 12.1. The van der Waals surface area contributed by atoms with E-state index in [1.807, 2.05) is 43.3 Å². The van der Waals surface area contributed by atoms with Crippen LogP contribution in [0.1, 0.15) is 12.5 Å². The molecule has 0 spiro atoms. The largest absolute Gasteiger partial charge is 0.378 e. The number of hydrogen-bond acceptors (Lipinski definition) is 4. The highest BCUT2D eigenvalue weighted by atomic mass is 16.2. The van der Waals surface area contributed by atoms with Gasteiger partial charge in [-0.15, -0.1) is 0 Å². The highest BCUT2D eigenvalue weighted by Crippen LogP contribution is 2.19. The van der Waals surface area contributed by atoms with Crippen LogP contribution < -0.4 is 10.6 Å². The molecular weight excluding hydrogens is 254 g/mol. The van der Waals surface area contributed by atoms with Crippen molar-refractivity contribution in [2.24, 2.45) is 10.8 Å². The lowest BCUT2D eigenvalue weighted by molar-refractivity contribution is -0.122. The third kappa shape index (κ3) is 2.54. The number of nitrogens with two attached hydrogens (primary N) is 1. The number of carbonyl (C=O) groups excluding carboxylic acids is 1. The Morgan fingerprint density at radius 1 is 1.35 bits per heavy atom. The number of anilines is 1. The molecule has 0 aromatic heterocycles. The number of guanidine groups is 1. The third-order valence-corrected chi connectivity index (χ3v) is 3.01. The van der Waals surface area contributed by atoms with Crippen molar-refractivity contribution in [1.29, 1.82) is 5.41 Å². The van der Waals surface area contributed by atoms with Crippen LogP contribution in [0.2, 0.25) is 0 Å². The molecule has 3 N–H and O–H groups in total. The zero-order valence-electron chi connectivity index (χ0n) is 11.7. The van der Waals surface area contributed by atoms with E-state index in [9.17, 15) is 4.79 Å². The van der Waals surface area contributed by atoms with Crippen LogP contribution in [0, 0.1) is 5.41 Å². The molecule has 0 aliphatic carbocycles. The summed E-state index contributed by atoms with van der Waals surface area (Å²) in [4.78, 5) is 14.1. The number of benzene rings is 1. The molecule has 2 rings (SSSR count). The van der Waals surface area contributed by atoms with Crippen LogP contribution in [0.4, 0.5) is 5.69 Å². The highest BCUT2D eigenvalue weighted by molar-refractivity contribution is 6.29. The van der Waals surface area contributed by atoms with Gasteiger partial charge in [0.25, 0.3) is 5.91 Å². The predicted octanol–water partition coefficient (Wildman–Crippen LogP) is 1.25. The van der Waals surface area contributed by atoms with E-state index >= 15 is 0 Å². The van der Waals surface area contributed by atoms with Gasteiger partial charge < -0.3 is 10.6 Å². The van der Waals surface area contributed by atoms with Gasteiger partial charge in [-0.1, -0.05) is 12.1 Å². The second-order valence-corrected chi connectivity index (χ2v) is 4.73. The molecule has 0 fully saturated rings. The first-order chi connectivity index (χ1) is 9.40. The van der Waals surface area contributed by atoms with Crippen molar-refractivity contribution in [2.45, 2.75) is 6.92 Å². The number of amides is 1. The van der Waals surface area contributed by atoms with Gasteiger partial charge >= 0.3 is 0 Å². The van der Waals surface area contributed by atoms with Gasteiger partial charge in [-0.25, -0.2) is 0 Å². The molecule has 1 amide bonds. The van der Waals surface area contributed by atoms with Crippen molar-refractivity contribution >= 4 is 29.3 Å². The Bertz CT molecular complexity index is 613. The highest BCUT2D eigenvalue weighted by Gasteiger charge is 2.29. The van der Waals surface area contributed by atoms with Crippen LogP contribution >= 0.6 is 0 Å². The SMILES string of the molecule is CC1=NN(C(=N)N)C(=O)/C1=C\c1ccc(N(C)C)cc1. The van der Waals surface area contributed by atoms with Crippen LogP contribution in [-0.4, -0.2) is 36.7 Å². The minimum atomic E-state index is -0.374. The molecule has 0 saturated heterocycles. The molecular formula is C14H17N5O. The molecule has 0 atom stereocenters. The molecule has 0 unspecified atom stereocenters. The van der Waals surface area contributed by atoms with E-state index in [1.54, 1.807) is 13.0 Å². The summed E-state index contributed by atoms with van der Waals surface area (Å²) in [5.41, 5.74) is 8.31. The number of carbonyl (C=O) groups is 1. The Morgan fingerprint density at radius 2 is 1.95 bits per heavy atom. The molecule has 104 valence electrons. The van der Waals surface area contributed by atoms with E-state index in [2.05, 4.69) is 5.10 Å². The first-order valence-electron chi connectivity index (χ1n) is 6.13. The summed E-state index contributed by atoms with van der Waals surface area (Å²) in [5, 5.41) is 12.2. The quantitative estimate of drug-likeness (QED) is 0.482. The van der Waals surface area contributed by atoms with Crippen LogP contribution in [0.5, 0.6) is 0 Å². The lowest BCUT2D eigenvalue weighted by Gasteiger charge is -2.12. The number of nitrogens with zero attached hydrogens (tertiary/aromatic N) is 3. The van der Waals surface area contributed by atoms with E-state index < -0.39 is 0 Å². The average Bonchev–Trinajstić information content (AvgIpc) is 2.67. The van der Waals surface area contributed by atoms with Crippen LogP contribution in [-0.2, 0) is 4.79 Å². The standard InChI is InChI=1S/C14H17N5O/c1-9-12(13(20)19(17-9)14(15)16)8-10-4-6-11(7-5-10)18(2)3/h4-8H,1-3H3,(H3,15,16)/b12-8-. The molecule has 0 bridgehead atoms. The summed E-state index contributed by atoms with van der Waals surface area (Å²) < 4.78 is 0. The Kier molecular flexibility index (Phi) is 3.56. The fraction of sp³-hybridized carbons (Fsp3) is 0.214. The summed E-state index contributed by atoms with van der Waals surface area (Å²) in [6.45, 7) is 1.72. The maximum Gasteiger partial charge on any atom is 0.283 e. The van der Waals surface area contributed by atoms with Gasteiger partial charge in [-0.05, 0) is 30.7 Å². The van der Waals surface area contributed by atoms with E-state index in [-0.39, 0.29) is 11.9 Å². The van der Waals surface area contributed by atoms with Gasteiger partial charge in [0.05, 0.1) is 11.3 Å². The number of rotatable bonds is 2. The summed E-state index contributed by atoms with van der Waals surface area (Å²) >= 11 is 0. The van der Waals surface area contributed by atoms with Gasteiger partial charge in [-0.2, -0.15) is 10.1 Å². The van der Waals surface area contributed by atoms with E-state index in [1.165, 1.54) is 0 Å². The zero-order valence-corrected chi connectivity index (χ0v) is 11.7. The van der Waals surface area contributed by atoms with Crippen molar-refractivity contribution < 1.29 is 4.79 Å². The van der Waals surface area contributed by atoms with Crippen molar-refractivity contribution in [2.75, 3.05) is 19.0 Å². The number of hydrazone groups is 1. The van der Waals surface area contributed by atoms with Crippen molar-refractivity contribution in [1.82, 2.24) is 5.01 Å². The Morgan fingerprint density at radius 3 is 2.40 bits per heavy atom. The van der Waals surface area contributed by atoms with Crippen LogP contribution in [0.3, 0.4) is 0 Å². The summed E-state index contributed by atoms with van der Waals surface area (Å²) in [6, 6.07) is 7.81. The van der Waals surface area contributed by atoms with Crippen molar-refractivity contribution in [3.63, 3.8) is 0 Å². The van der Waals surface area contributed by atoms with Crippen molar-refractivity contribution in [3.05, 3.63) is 35.4 Å². The Labute approximate surface area is 117 Å². The Hall–Kier alpha value is -2.63. The molecule has 1 heterocycles. The molecule has 1 aromatic carbocycles. The normalized spacial score (nSPS) is 16.6. The molecule has 0 saturated carbocycles. The van der Waals surface area contributed by atoms with E-state index in [0.717, 1.165) is 16.3 Å². The molecule has 6 nitrogen and oxygen atoms in total. The predicted molar refractivity (Wildman–Crippen MR) is 80.6 cm³/mol. The molecule has 1 aliphatic rings.